The molecule has 1 aromatic heterocycles. The van der Waals surface area contributed by atoms with Gasteiger partial charge in [0.2, 0.25) is 5.75 Å². The average Bonchev–Trinajstić information content (AvgIpc) is 2.79. The molecule has 0 N–H and O–H groups in total. The van der Waals surface area contributed by atoms with Crippen molar-refractivity contribution >= 4 is 16.9 Å². The predicted octanol–water partition coefficient (Wildman–Crippen LogP) is 6.97. The molecule has 0 amide bonds. The summed E-state index contributed by atoms with van der Waals surface area (Å²) in [4.78, 5) is 24.4. The molecule has 0 atom stereocenters. The number of carbonyl (C=O) groups is 1. The molecule has 182 valence electrons. The first-order chi connectivity index (χ1) is 16.1. The summed E-state index contributed by atoms with van der Waals surface area (Å²) in [5.41, 5.74) is -0.388. The Labute approximate surface area is 196 Å². The largest absolute Gasteiger partial charge is 0.493 e. The Morgan fingerprint density at radius 3 is 2.33 bits per heavy atom. The summed E-state index contributed by atoms with van der Waals surface area (Å²) < 4.78 is 22.6. The van der Waals surface area contributed by atoms with Gasteiger partial charge in [-0.1, -0.05) is 77.0 Å². The second kappa shape index (κ2) is 15.1. The van der Waals surface area contributed by atoms with Gasteiger partial charge in [0.15, 0.2) is 5.75 Å². The maximum absolute atomic E-state index is 12.6. The standard InChI is InChI=1S/C27H38O6/c1-4-6-8-10-11-12-13-15-19-30-22-17-16-18-23-24(22)25(32-21(3)28)26(27(29)33-23)31-20-14-9-7-5-2/h7,9,16-18H,4-6,8,10-15,19-20H2,1-3H3. The second-order valence-corrected chi connectivity index (χ2v) is 8.11. The van der Waals surface area contributed by atoms with Gasteiger partial charge in [-0.15, -0.1) is 0 Å². The minimum Gasteiger partial charge on any atom is -0.493 e. The fraction of sp³-hybridized carbons (Fsp3) is 0.556. The lowest BCUT2D eigenvalue weighted by Gasteiger charge is -2.14. The van der Waals surface area contributed by atoms with Crippen molar-refractivity contribution in [1.29, 1.82) is 0 Å². The smallest absolute Gasteiger partial charge is 0.383 e. The molecule has 0 radical (unpaired) electrons. The number of rotatable bonds is 16. The molecule has 2 rings (SSSR count). The van der Waals surface area contributed by atoms with Crippen LogP contribution >= 0.6 is 0 Å². The Balaban J connectivity index is 2.12. The maximum atomic E-state index is 12.6. The second-order valence-electron chi connectivity index (χ2n) is 8.11. The zero-order valence-corrected chi connectivity index (χ0v) is 20.3. The summed E-state index contributed by atoms with van der Waals surface area (Å²) in [6.07, 6.45) is 15.2. The Kier molecular flexibility index (Phi) is 12.2. The Hall–Kier alpha value is -2.76. The summed E-state index contributed by atoms with van der Waals surface area (Å²) in [7, 11) is 0. The zero-order valence-electron chi connectivity index (χ0n) is 20.3. The van der Waals surface area contributed by atoms with Crippen molar-refractivity contribution in [2.24, 2.45) is 0 Å². The number of allylic oxidation sites excluding steroid dienone is 1. The quantitative estimate of drug-likeness (QED) is 0.117. The van der Waals surface area contributed by atoms with E-state index in [9.17, 15) is 9.59 Å². The van der Waals surface area contributed by atoms with E-state index in [-0.39, 0.29) is 18.1 Å². The van der Waals surface area contributed by atoms with Crippen LogP contribution in [0.5, 0.6) is 17.2 Å². The van der Waals surface area contributed by atoms with Crippen LogP contribution in [0.15, 0.2) is 39.6 Å². The maximum Gasteiger partial charge on any atom is 0.383 e. The Morgan fingerprint density at radius 2 is 1.64 bits per heavy atom. The fourth-order valence-electron chi connectivity index (χ4n) is 3.59. The first kappa shape index (κ1) is 26.5. The van der Waals surface area contributed by atoms with Crippen LogP contribution in [0.3, 0.4) is 0 Å². The van der Waals surface area contributed by atoms with Crippen LogP contribution in [0, 0.1) is 0 Å². The van der Waals surface area contributed by atoms with Crippen LogP contribution in [0.1, 0.15) is 85.0 Å². The van der Waals surface area contributed by atoms with E-state index in [1.165, 1.54) is 45.4 Å². The number of carbonyl (C=O) groups excluding carboxylic acids is 1. The predicted molar refractivity (Wildman–Crippen MR) is 131 cm³/mol. The molecule has 0 unspecified atom stereocenters. The highest BCUT2D eigenvalue weighted by atomic mass is 16.6. The van der Waals surface area contributed by atoms with E-state index in [1.807, 2.05) is 19.1 Å². The van der Waals surface area contributed by atoms with Crippen LogP contribution in [0.2, 0.25) is 0 Å². The van der Waals surface area contributed by atoms with Crippen molar-refractivity contribution in [2.75, 3.05) is 13.2 Å². The highest BCUT2D eigenvalue weighted by Crippen LogP contribution is 2.39. The molecule has 0 aliphatic carbocycles. The summed E-state index contributed by atoms with van der Waals surface area (Å²) in [5.74, 6) is -0.0906. The third-order valence-corrected chi connectivity index (χ3v) is 5.24. The van der Waals surface area contributed by atoms with Gasteiger partial charge in [0, 0.05) is 6.92 Å². The van der Waals surface area contributed by atoms with E-state index in [4.69, 9.17) is 18.6 Å². The number of benzene rings is 1. The molecule has 6 heteroatoms. The van der Waals surface area contributed by atoms with E-state index in [0.29, 0.717) is 29.7 Å². The third kappa shape index (κ3) is 8.95. The molecule has 0 aliphatic rings. The van der Waals surface area contributed by atoms with Gasteiger partial charge in [0.25, 0.3) is 0 Å². The number of esters is 1. The van der Waals surface area contributed by atoms with Crippen molar-refractivity contribution in [3.05, 3.63) is 40.8 Å². The molecule has 2 aromatic rings. The molecule has 0 saturated carbocycles. The molecule has 0 spiro atoms. The lowest BCUT2D eigenvalue weighted by molar-refractivity contribution is -0.131. The molecule has 33 heavy (non-hydrogen) atoms. The normalized spacial score (nSPS) is 11.2. The van der Waals surface area contributed by atoms with Gasteiger partial charge in [0.05, 0.1) is 13.2 Å². The number of unbranched alkanes of at least 4 members (excludes halogenated alkanes) is 7. The number of fused-ring (bicyclic) bond motifs is 1. The third-order valence-electron chi connectivity index (χ3n) is 5.24. The molecule has 1 aromatic carbocycles. The highest BCUT2D eigenvalue weighted by Gasteiger charge is 2.22. The molecule has 0 bridgehead atoms. The molecule has 6 nitrogen and oxygen atoms in total. The van der Waals surface area contributed by atoms with Gasteiger partial charge in [-0.3, -0.25) is 4.79 Å². The number of hydrogen-bond acceptors (Lipinski definition) is 6. The summed E-state index contributed by atoms with van der Waals surface area (Å²) in [6.45, 7) is 6.36. The van der Waals surface area contributed by atoms with Gasteiger partial charge < -0.3 is 18.6 Å². The highest BCUT2D eigenvalue weighted by molar-refractivity contribution is 5.93. The molecule has 0 aliphatic heterocycles. The van der Waals surface area contributed by atoms with E-state index in [1.54, 1.807) is 18.2 Å². The van der Waals surface area contributed by atoms with Gasteiger partial charge in [-0.2, -0.15) is 0 Å². The minimum atomic E-state index is -0.682. The Morgan fingerprint density at radius 1 is 0.909 bits per heavy atom. The number of ether oxygens (including phenoxy) is 3. The fourth-order valence-corrected chi connectivity index (χ4v) is 3.59. The lowest BCUT2D eigenvalue weighted by atomic mass is 10.1. The van der Waals surface area contributed by atoms with Crippen LogP contribution in [-0.2, 0) is 4.79 Å². The monoisotopic (exact) mass is 458 g/mol. The average molecular weight is 459 g/mol. The van der Waals surface area contributed by atoms with Crippen LogP contribution in [-0.4, -0.2) is 19.2 Å². The Bertz CT molecular complexity index is 944. The van der Waals surface area contributed by atoms with Crippen LogP contribution in [0.4, 0.5) is 0 Å². The van der Waals surface area contributed by atoms with Gasteiger partial charge >= 0.3 is 11.6 Å². The molecular formula is C27H38O6. The molecular weight excluding hydrogens is 420 g/mol. The molecule has 0 saturated heterocycles. The molecule has 0 fully saturated rings. The first-order valence-corrected chi connectivity index (χ1v) is 12.3. The first-order valence-electron chi connectivity index (χ1n) is 12.3. The van der Waals surface area contributed by atoms with Crippen molar-refractivity contribution in [3.8, 4) is 17.2 Å². The van der Waals surface area contributed by atoms with E-state index < -0.39 is 11.6 Å². The van der Waals surface area contributed by atoms with Gasteiger partial charge in [-0.25, -0.2) is 4.79 Å². The number of hydrogen-bond donors (Lipinski definition) is 0. The van der Waals surface area contributed by atoms with E-state index >= 15 is 0 Å². The summed E-state index contributed by atoms with van der Waals surface area (Å²) in [5, 5.41) is 0.436. The van der Waals surface area contributed by atoms with E-state index in [2.05, 4.69) is 6.92 Å². The van der Waals surface area contributed by atoms with Crippen molar-refractivity contribution in [2.45, 2.75) is 85.0 Å². The lowest BCUT2D eigenvalue weighted by Crippen LogP contribution is -2.13. The SMILES string of the molecule is CCC=CCCOc1c(OC(C)=O)c2c(OCCCCCCCCCC)cccc2oc1=O. The van der Waals surface area contributed by atoms with Crippen molar-refractivity contribution in [1.82, 2.24) is 0 Å². The summed E-state index contributed by atoms with van der Waals surface area (Å²) in [6, 6.07) is 5.19. The van der Waals surface area contributed by atoms with Crippen molar-refractivity contribution in [3.63, 3.8) is 0 Å². The summed E-state index contributed by atoms with van der Waals surface area (Å²) >= 11 is 0. The van der Waals surface area contributed by atoms with Crippen LogP contribution in [0.25, 0.3) is 11.0 Å². The van der Waals surface area contributed by atoms with E-state index in [0.717, 1.165) is 19.3 Å². The topological polar surface area (TPSA) is 75.0 Å². The van der Waals surface area contributed by atoms with Gasteiger partial charge in [0.1, 0.15) is 16.7 Å². The molecule has 1 heterocycles. The minimum absolute atomic E-state index is 0.0553. The van der Waals surface area contributed by atoms with Crippen LogP contribution < -0.4 is 19.8 Å². The van der Waals surface area contributed by atoms with Crippen molar-refractivity contribution < 1.29 is 23.4 Å². The van der Waals surface area contributed by atoms with Gasteiger partial charge in [-0.05, 0) is 31.4 Å². The zero-order chi connectivity index (χ0) is 23.9.